The molecule has 0 radical (unpaired) electrons. The van der Waals surface area contributed by atoms with Gasteiger partial charge in [0.2, 0.25) is 0 Å². The first-order chi connectivity index (χ1) is 10.2. The van der Waals surface area contributed by atoms with E-state index in [1.54, 1.807) is 0 Å². The molecule has 0 saturated heterocycles. The molecule has 21 heavy (non-hydrogen) atoms. The lowest BCUT2D eigenvalue weighted by atomic mass is 10.0. The van der Waals surface area contributed by atoms with E-state index in [0.717, 1.165) is 18.6 Å². The first kappa shape index (κ1) is 13.9. The number of nitrogens with one attached hydrogen (secondary N) is 1. The van der Waals surface area contributed by atoms with Gasteiger partial charge in [-0.2, -0.15) is 0 Å². The van der Waals surface area contributed by atoms with E-state index >= 15 is 0 Å². The zero-order valence-electron chi connectivity index (χ0n) is 13.1. The summed E-state index contributed by atoms with van der Waals surface area (Å²) in [5.74, 6) is 0.472. The fourth-order valence-corrected chi connectivity index (χ4v) is 2.97. The lowest BCUT2D eigenvalue weighted by molar-refractivity contribution is 0.759. The molecule has 0 spiro atoms. The maximum Gasteiger partial charge on any atom is 0.137 e. The average molecular weight is 281 g/mol. The Morgan fingerprint density at radius 3 is 2.90 bits per heavy atom. The van der Waals surface area contributed by atoms with Gasteiger partial charge in [-0.1, -0.05) is 27.2 Å². The van der Waals surface area contributed by atoms with Gasteiger partial charge in [0.25, 0.3) is 0 Å². The standard InChI is InChI=1S/C18H23N3/c1-4-6-14-8-10-21(11-14)12-16-15-7-5-9-19-18(15)20-17(16)13(2)3/h5,7-11,13H,4,6,12H2,1-3H3,(H,19,20). The molecule has 0 fully saturated rings. The highest BCUT2D eigenvalue weighted by molar-refractivity contribution is 5.81. The third kappa shape index (κ3) is 2.73. The van der Waals surface area contributed by atoms with Gasteiger partial charge in [-0.15, -0.1) is 0 Å². The number of hydrogen-bond acceptors (Lipinski definition) is 1. The number of hydrogen-bond donors (Lipinski definition) is 1. The molecular formula is C18H23N3. The number of aromatic nitrogens is 3. The Morgan fingerprint density at radius 1 is 1.29 bits per heavy atom. The Morgan fingerprint density at radius 2 is 2.14 bits per heavy atom. The molecule has 110 valence electrons. The van der Waals surface area contributed by atoms with Crippen LogP contribution in [0.15, 0.2) is 36.8 Å². The molecule has 3 aromatic rings. The Balaban J connectivity index is 1.99. The number of aryl methyl sites for hydroxylation is 1. The van der Waals surface area contributed by atoms with E-state index in [4.69, 9.17) is 0 Å². The number of fused-ring (bicyclic) bond motifs is 1. The lowest BCUT2D eigenvalue weighted by Crippen LogP contribution is -2.01. The van der Waals surface area contributed by atoms with Gasteiger partial charge in [0.05, 0.1) is 0 Å². The summed E-state index contributed by atoms with van der Waals surface area (Å²) in [6.45, 7) is 7.58. The molecule has 3 heteroatoms. The van der Waals surface area contributed by atoms with Crippen molar-refractivity contribution < 1.29 is 0 Å². The highest BCUT2D eigenvalue weighted by Crippen LogP contribution is 2.27. The van der Waals surface area contributed by atoms with Gasteiger partial charge in [-0.25, -0.2) is 4.98 Å². The molecule has 0 atom stereocenters. The molecule has 0 bridgehead atoms. The van der Waals surface area contributed by atoms with E-state index in [1.165, 1.54) is 28.6 Å². The van der Waals surface area contributed by atoms with Crippen LogP contribution >= 0.6 is 0 Å². The van der Waals surface area contributed by atoms with Crippen molar-refractivity contribution in [1.29, 1.82) is 0 Å². The molecule has 3 aromatic heterocycles. The summed E-state index contributed by atoms with van der Waals surface area (Å²) in [6, 6.07) is 6.41. The minimum atomic E-state index is 0.472. The molecule has 0 aromatic carbocycles. The molecule has 0 unspecified atom stereocenters. The first-order valence-electron chi connectivity index (χ1n) is 7.79. The molecular weight excluding hydrogens is 258 g/mol. The van der Waals surface area contributed by atoms with Crippen molar-refractivity contribution in [2.75, 3.05) is 0 Å². The van der Waals surface area contributed by atoms with Crippen molar-refractivity contribution >= 4 is 11.0 Å². The van der Waals surface area contributed by atoms with Crippen LogP contribution in [0, 0.1) is 0 Å². The fourth-order valence-electron chi connectivity index (χ4n) is 2.97. The summed E-state index contributed by atoms with van der Waals surface area (Å²) in [6.07, 6.45) is 8.65. The van der Waals surface area contributed by atoms with Crippen molar-refractivity contribution in [1.82, 2.24) is 14.5 Å². The zero-order chi connectivity index (χ0) is 14.8. The van der Waals surface area contributed by atoms with Crippen LogP contribution < -0.4 is 0 Å². The van der Waals surface area contributed by atoms with Crippen LogP contribution in [-0.4, -0.2) is 14.5 Å². The highest BCUT2D eigenvalue weighted by Gasteiger charge is 2.14. The minimum Gasteiger partial charge on any atom is -0.350 e. The quantitative estimate of drug-likeness (QED) is 0.734. The van der Waals surface area contributed by atoms with Gasteiger partial charge in [0.15, 0.2) is 0 Å². The van der Waals surface area contributed by atoms with Gasteiger partial charge in [-0.3, -0.25) is 0 Å². The number of nitrogens with zero attached hydrogens (tertiary/aromatic N) is 2. The van der Waals surface area contributed by atoms with Crippen LogP contribution in [0.25, 0.3) is 11.0 Å². The monoisotopic (exact) mass is 281 g/mol. The summed E-state index contributed by atoms with van der Waals surface area (Å²) in [4.78, 5) is 7.95. The average Bonchev–Trinajstić information content (AvgIpc) is 3.05. The molecule has 0 amide bonds. The second-order valence-corrected chi connectivity index (χ2v) is 6.01. The topological polar surface area (TPSA) is 33.6 Å². The Kier molecular flexibility index (Phi) is 3.82. The van der Waals surface area contributed by atoms with Crippen LogP contribution in [0.2, 0.25) is 0 Å². The number of pyridine rings is 1. The maximum absolute atomic E-state index is 4.46. The van der Waals surface area contributed by atoms with Gasteiger partial charge < -0.3 is 9.55 Å². The second-order valence-electron chi connectivity index (χ2n) is 6.01. The first-order valence-corrected chi connectivity index (χ1v) is 7.79. The van der Waals surface area contributed by atoms with Crippen molar-refractivity contribution in [3.8, 4) is 0 Å². The predicted molar refractivity (Wildman–Crippen MR) is 87.7 cm³/mol. The Bertz CT molecular complexity index is 734. The van der Waals surface area contributed by atoms with Crippen LogP contribution in [0.3, 0.4) is 0 Å². The molecule has 3 rings (SSSR count). The maximum atomic E-state index is 4.46. The van der Waals surface area contributed by atoms with E-state index in [-0.39, 0.29) is 0 Å². The number of rotatable bonds is 5. The summed E-state index contributed by atoms with van der Waals surface area (Å²) in [5.41, 5.74) is 5.08. The van der Waals surface area contributed by atoms with E-state index in [2.05, 4.69) is 59.8 Å². The summed E-state index contributed by atoms with van der Waals surface area (Å²) in [7, 11) is 0. The largest absolute Gasteiger partial charge is 0.350 e. The zero-order valence-corrected chi connectivity index (χ0v) is 13.1. The molecule has 0 aliphatic rings. The SMILES string of the molecule is CCCc1ccn(Cc2c(C(C)C)[nH]c3ncccc23)c1. The molecule has 3 heterocycles. The van der Waals surface area contributed by atoms with E-state index in [1.807, 2.05) is 12.3 Å². The number of aromatic amines is 1. The van der Waals surface area contributed by atoms with Crippen LogP contribution in [-0.2, 0) is 13.0 Å². The Labute approximate surface area is 126 Å². The van der Waals surface area contributed by atoms with Gasteiger partial charge in [-0.05, 0) is 36.1 Å². The van der Waals surface area contributed by atoms with Crippen molar-refractivity contribution in [3.63, 3.8) is 0 Å². The fraction of sp³-hybridized carbons (Fsp3) is 0.389. The van der Waals surface area contributed by atoms with Gasteiger partial charge >= 0.3 is 0 Å². The smallest absolute Gasteiger partial charge is 0.137 e. The Hall–Kier alpha value is -2.03. The summed E-state index contributed by atoms with van der Waals surface area (Å²) in [5, 5.41) is 1.24. The third-order valence-corrected chi connectivity index (χ3v) is 3.98. The molecule has 1 N–H and O–H groups in total. The number of H-pyrrole nitrogens is 1. The predicted octanol–water partition coefficient (Wildman–Crippen LogP) is 4.49. The minimum absolute atomic E-state index is 0.472. The second kappa shape index (κ2) is 5.76. The van der Waals surface area contributed by atoms with Crippen molar-refractivity contribution in [2.24, 2.45) is 0 Å². The molecule has 0 aliphatic carbocycles. The summed E-state index contributed by atoms with van der Waals surface area (Å²) < 4.78 is 2.28. The lowest BCUT2D eigenvalue weighted by Gasteiger charge is -2.09. The molecule has 0 saturated carbocycles. The van der Waals surface area contributed by atoms with Gasteiger partial charge in [0.1, 0.15) is 5.65 Å². The van der Waals surface area contributed by atoms with E-state index < -0.39 is 0 Å². The van der Waals surface area contributed by atoms with E-state index in [0.29, 0.717) is 5.92 Å². The van der Waals surface area contributed by atoms with Crippen LogP contribution in [0.1, 0.15) is 49.9 Å². The molecule has 3 nitrogen and oxygen atoms in total. The van der Waals surface area contributed by atoms with Gasteiger partial charge in [0, 0.05) is 41.8 Å². The van der Waals surface area contributed by atoms with Crippen molar-refractivity contribution in [2.45, 2.75) is 46.1 Å². The van der Waals surface area contributed by atoms with Crippen molar-refractivity contribution in [3.05, 3.63) is 53.6 Å². The molecule has 0 aliphatic heterocycles. The van der Waals surface area contributed by atoms with E-state index in [9.17, 15) is 0 Å². The summed E-state index contributed by atoms with van der Waals surface area (Å²) >= 11 is 0. The van der Waals surface area contributed by atoms with Crippen LogP contribution in [0.4, 0.5) is 0 Å². The third-order valence-electron chi connectivity index (χ3n) is 3.98. The van der Waals surface area contributed by atoms with Crippen LogP contribution in [0.5, 0.6) is 0 Å². The highest BCUT2D eigenvalue weighted by atomic mass is 14.9. The normalized spacial score (nSPS) is 11.6.